The maximum absolute atomic E-state index is 12.2. The van der Waals surface area contributed by atoms with Gasteiger partial charge in [-0.3, -0.25) is 9.78 Å². The van der Waals surface area contributed by atoms with Crippen molar-refractivity contribution in [1.82, 2.24) is 4.98 Å². The van der Waals surface area contributed by atoms with Crippen molar-refractivity contribution >= 4 is 22.2 Å². The molecule has 0 saturated carbocycles. The van der Waals surface area contributed by atoms with Crippen LogP contribution in [0.25, 0.3) is 0 Å². The molecular weight excluding hydrogens is 234 g/mol. The molecule has 0 saturated heterocycles. The average molecular weight is 243 g/mol. The van der Waals surface area contributed by atoms with Crippen LogP contribution in [0.2, 0.25) is 0 Å². The number of carbonyl (C=O) groups excluding carboxylic acids is 1. The van der Waals surface area contributed by atoms with E-state index in [2.05, 4.69) is 4.98 Å². The van der Waals surface area contributed by atoms with Crippen LogP contribution < -0.4 is 4.90 Å². The summed E-state index contributed by atoms with van der Waals surface area (Å²) in [5, 5.41) is 11.7. The number of hydrogen-bond donors (Lipinski definition) is 0. The summed E-state index contributed by atoms with van der Waals surface area (Å²) in [6.45, 7) is 0. The molecule has 2 aromatic heterocycles. The van der Waals surface area contributed by atoms with E-state index in [9.17, 15) is 4.79 Å². The highest BCUT2D eigenvalue weighted by Gasteiger charge is 2.17. The monoisotopic (exact) mass is 243 g/mol. The summed E-state index contributed by atoms with van der Waals surface area (Å²) < 4.78 is 0. The highest BCUT2D eigenvalue weighted by atomic mass is 32.1. The van der Waals surface area contributed by atoms with Crippen LogP contribution in [0.1, 0.15) is 15.9 Å². The number of aromatic nitrogens is 1. The standard InChI is InChI=1S/C12H9N3OS/c1-15(11-3-2-6-17-11)12(16)10-8-14-5-4-9(10)7-13/h2-6,8H,1H3. The Hall–Kier alpha value is -2.19. The Kier molecular flexibility index (Phi) is 3.17. The molecule has 0 N–H and O–H groups in total. The van der Waals surface area contributed by atoms with Gasteiger partial charge in [0.1, 0.15) is 6.07 Å². The molecule has 2 rings (SSSR count). The van der Waals surface area contributed by atoms with Gasteiger partial charge in [0.2, 0.25) is 0 Å². The summed E-state index contributed by atoms with van der Waals surface area (Å²) in [7, 11) is 1.68. The smallest absolute Gasteiger partial charge is 0.261 e. The molecule has 0 aliphatic carbocycles. The third-order valence-electron chi connectivity index (χ3n) is 2.31. The van der Waals surface area contributed by atoms with Crippen molar-refractivity contribution in [2.45, 2.75) is 0 Å². The highest BCUT2D eigenvalue weighted by molar-refractivity contribution is 7.14. The molecule has 4 nitrogen and oxygen atoms in total. The van der Waals surface area contributed by atoms with Gasteiger partial charge in [0.05, 0.1) is 16.1 Å². The molecule has 0 radical (unpaired) electrons. The molecule has 2 aromatic rings. The zero-order chi connectivity index (χ0) is 12.3. The minimum atomic E-state index is -0.225. The Bertz CT molecular complexity index is 572. The van der Waals surface area contributed by atoms with Gasteiger partial charge in [-0.15, -0.1) is 11.3 Å². The molecule has 17 heavy (non-hydrogen) atoms. The lowest BCUT2D eigenvalue weighted by atomic mass is 10.1. The number of nitriles is 1. The number of anilines is 1. The van der Waals surface area contributed by atoms with E-state index in [0.717, 1.165) is 5.00 Å². The van der Waals surface area contributed by atoms with E-state index in [1.54, 1.807) is 7.05 Å². The van der Waals surface area contributed by atoms with Gasteiger partial charge in [-0.2, -0.15) is 5.26 Å². The molecule has 0 spiro atoms. The first kappa shape index (κ1) is 11.3. The summed E-state index contributed by atoms with van der Waals surface area (Å²) in [4.78, 5) is 17.6. The zero-order valence-corrected chi connectivity index (χ0v) is 9.94. The Balaban J connectivity index is 2.35. The maximum atomic E-state index is 12.2. The van der Waals surface area contributed by atoms with E-state index in [1.807, 2.05) is 23.6 Å². The summed E-state index contributed by atoms with van der Waals surface area (Å²) >= 11 is 1.47. The third kappa shape index (κ3) is 2.17. The van der Waals surface area contributed by atoms with E-state index in [0.29, 0.717) is 11.1 Å². The van der Waals surface area contributed by atoms with Crippen LogP contribution in [0.3, 0.4) is 0 Å². The van der Waals surface area contributed by atoms with E-state index >= 15 is 0 Å². The van der Waals surface area contributed by atoms with Gasteiger partial charge in [-0.05, 0) is 23.6 Å². The van der Waals surface area contributed by atoms with Crippen LogP contribution in [0.5, 0.6) is 0 Å². The fourth-order valence-electron chi connectivity index (χ4n) is 1.40. The summed E-state index contributed by atoms with van der Waals surface area (Å²) in [6, 6.07) is 7.26. The minimum Gasteiger partial charge on any atom is -0.303 e. The first-order valence-corrected chi connectivity index (χ1v) is 5.77. The van der Waals surface area contributed by atoms with Gasteiger partial charge in [0.15, 0.2) is 0 Å². The topological polar surface area (TPSA) is 57.0 Å². The number of carbonyl (C=O) groups is 1. The first-order chi connectivity index (χ1) is 8.24. The van der Waals surface area contributed by atoms with Gasteiger partial charge >= 0.3 is 0 Å². The lowest BCUT2D eigenvalue weighted by Gasteiger charge is -2.15. The van der Waals surface area contributed by atoms with Crippen molar-refractivity contribution in [3.8, 4) is 6.07 Å². The van der Waals surface area contributed by atoms with Crippen molar-refractivity contribution in [1.29, 1.82) is 5.26 Å². The summed E-state index contributed by atoms with van der Waals surface area (Å²) in [6.07, 6.45) is 2.92. The van der Waals surface area contributed by atoms with Gasteiger partial charge in [-0.25, -0.2) is 0 Å². The van der Waals surface area contributed by atoms with E-state index in [4.69, 9.17) is 5.26 Å². The largest absolute Gasteiger partial charge is 0.303 e. The first-order valence-electron chi connectivity index (χ1n) is 4.89. The van der Waals surface area contributed by atoms with Crippen LogP contribution in [-0.4, -0.2) is 17.9 Å². The van der Waals surface area contributed by atoms with Crippen molar-refractivity contribution in [3.05, 3.63) is 47.1 Å². The minimum absolute atomic E-state index is 0.225. The van der Waals surface area contributed by atoms with Gasteiger partial charge in [-0.1, -0.05) is 0 Å². The normalized spacial score (nSPS) is 9.65. The molecule has 0 aliphatic rings. The lowest BCUT2D eigenvalue weighted by Crippen LogP contribution is -2.26. The van der Waals surface area contributed by atoms with E-state index < -0.39 is 0 Å². The Morgan fingerprint density at radius 1 is 1.53 bits per heavy atom. The lowest BCUT2D eigenvalue weighted by molar-refractivity contribution is 0.0993. The molecule has 0 unspecified atom stereocenters. The van der Waals surface area contributed by atoms with E-state index in [-0.39, 0.29) is 5.91 Å². The quantitative estimate of drug-likeness (QED) is 0.813. The van der Waals surface area contributed by atoms with Crippen LogP contribution in [0, 0.1) is 11.3 Å². The fraction of sp³-hybridized carbons (Fsp3) is 0.0833. The molecule has 0 fully saturated rings. The molecule has 0 aliphatic heterocycles. The van der Waals surface area contributed by atoms with Crippen molar-refractivity contribution < 1.29 is 4.79 Å². The predicted octanol–water partition coefficient (Wildman–Crippen LogP) is 2.29. The van der Waals surface area contributed by atoms with Crippen molar-refractivity contribution in [2.75, 3.05) is 11.9 Å². The number of nitrogens with zero attached hydrogens (tertiary/aromatic N) is 3. The highest BCUT2D eigenvalue weighted by Crippen LogP contribution is 2.22. The zero-order valence-electron chi connectivity index (χ0n) is 9.12. The average Bonchev–Trinajstić information content (AvgIpc) is 2.90. The van der Waals surface area contributed by atoms with Crippen molar-refractivity contribution in [2.24, 2.45) is 0 Å². The predicted molar refractivity (Wildman–Crippen MR) is 66.0 cm³/mol. The second-order valence-corrected chi connectivity index (χ2v) is 4.27. The van der Waals surface area contributed by atoms with Crippen LogP contribution >= 0.6 is 11.3 Å². The fourth-order valence-corrected chi connectivity index (χ4v) is 2.10. The number of pyridine rings is 1. The van der Waals surface area contributed by atoms with Gasteiger partial charge in [0, 0.05) is 19.4 Å². The van der Waals surface area contributed by atoms with Gasteiger partial charge in [0.25, 0.3) is 5.91 Å². The number of hydrogen-bond acceptors (Lipinski definition) is 4. The molecule has 0 bridgehead atoms. The molecule has 84 valence electrons. The third-order valence-corrected chi connectivity index (χ3v) is 3.26. The SMILES string of the molecule is CN(C(=O)c1cnccc1C#N)c1cccs1. The Morgan fingerprint density at radius 3 is 3.00 bits per heavy atom. The van der Waals surface area contributed by atoms with Crippen molar-refractivity contribution in [3.63, 3.8) is 0 Å². The second kappa shape index (κ2) is 4.76. The van der Waals surface area contributed by atoms with Crippen LogP contribution in [-0.2, 0) is 0 Å². The van der Waals surface area contributed by atoms with Crippen LogP contribution in [0.4, 0.5) is 5.00 Å². The molecular formula is C12H9N3OS. The summed E-state index contributed by atoms with van der Waals surface area (Å²) in [5.74, 6) is -0.225. The Morgan fingerprint density at radius 2 is 2.35 bits per heavy atom. The summed E-state index contributed by atoms with van der Waals surface area (Å²) in [5.41, 5.74) is 0.666. The van der Waals surface area contributed by atoms with E-state index in [1.165, 1.54) is 34.7 Å². The van der Waals surface area contributed by atoms with Gasteiger partial charge < -0.3 is 4.90 Å². The second-order valence-electron chi connectivity index (χ2n) is 3.35. The molecule has 0 aromatic carbocycles. The van der Waals surface area contributed by atoms with Crippen LogP contribution in [0.15, 0.2) is 36.0 Å². The maximum Gasteiger partial charge on any atom is 0.261 e. The Labute approximate surface area is 103 Å². The molecule has 5 heteroatoms. The molecule has 2 heterocycles. The number of thiophene rings is 1. The number of rotatable bonds is 2. The molecule has 0 atom stereocenters. The molecule has 1 amide bonds. The number of amides is 1.